The van der Waals surface area contributed by atoms with Gasteiger partial charge in [0.1, 0.15) is 0 Å². The van der Waals surface area contributed by atoms with Crippen molar-refractivity contribution in [3.05, 3.63) is 0 Å². The minimum Gasteiger partial charge on any atom is -0.338 e. The predicted molar refractivity (Wildman–Crippen MR) is 69.2 cm³/mol. The first-order chi connectivity index (χ1) is 2.00. The van der Waals surface area contributed by atoms with Crippen molar-refractivity contribution in [2.75, 3.05) is 0 Å². The molecule has 0 heterocycles. The number of rotatable bonds is 0. The summed E-state index contributed by atoms with van der Waals surface area (Å²) in [4.78, 5) is 15.7. The van der Waals surface area contributed by atoms with Gasteiger partial charge in [-0.3, -0.25) is 0 Å². The van der Waals surface area contributed by atoms with Crippen molar-refractivity contribution >= 4 is 83.7 Å². The van der Waals surface area contributed by atoms with Crippen LogP contribution in [0.4, 0.5) is 0 Å². The van der Waals surface area contributed by atoms with Crippen molar-refractivity contribution in [3.8, 4) is 0 Å². The summed E-state index contributed by atoms with van der Waals surface area (Å²) in [5.74, 6) is 0. The summed E-state index contributed by atoms with van der Waals surface area (Å²) in [6, 6.07) is 0. The molecule has 0 radical (unpaired) electrons. The second-order valence-corrected chi connectivity index (χ2v) is 5.55. The van der Waals surface area contributed by atoms with Crippen molar-refractivity contribution in [3.63, 3.8) is 0 Å². The molecule has 0 aliphatic rings. The van der Waals surface area contributed by atoms with E-state index >= 15 is 0 Å². The van der Waals surface area contributed by atoms with Gasteiger partial charge in [0.2, 0.25) is 5.69 Å². The van der Waals surface area contributed by atoms with Crippen LogP contribution in [0, 0.1) is 0 Å². The van der Waals surface area contributed by atoms with Crippen LogP contribution in [0.25, 0.3) is 0 Å². The summed E-state index contributed by atoms with van der Waals surface area (Å²) in [5, 5.41) is 0. The van der Waals surface area contributed by atoms with E-state index in [1.54, 1.807) is 0 Å². The van der Waals surface area contributed by atoms with E-state index in [1.807, 2.05) is 0 Å². The summed E-state index contributed by atoms with van der Waals surface area (Å²) in [6.45, 7) is 0. The molecule has 0 bridgehead atoms. The molecule has 0 aromatic rings. The molecule has 0 aromatic heterocycles. The average Bonchev–Trinajstić information content (AvgIpc) is 0.722. The fourth-order valence-corrected chi connectivity index (χ4v) is 0. The number of hydrogen-bond donors (Lipinski definition) is 3. The Bertz CT molecular complexity index is 57.2. The van der Waals surface area contributed by atoms with E-state index in [-0.39, 0.29) is 54.0 Å². The number of thiol groups is 1. The lowest BCUT2D eigenvalue weighted by molar-refractivity contribution is 0.503. The summed E-state index contributed by atoms with van der Waals surface area (Å²) in [5.41, 5.74) is -3.11. The third kappa shape index (κ3) is 133. The first-order valence-corrected chi connectivity index (χ1v) is 4.64. The van der Waals surface area contributed by atoms with Gasteiger partial charge in [-0.15, -0.1) is 0 Å². The molecular formula is H11O2PS6. The van der Waals surface area contributed by atoms with Crippen LogP contribution in [0.2, 0.25) is 0 Å². The largest absolute Gasteiger partial charge is 0.338 e. The van der Waals surface area contributed by atoms with Crippen molar-refractivity contribution in [1.29, 1.82) is 0 Å². The molecule has 9 heteroatoms. The SMILES string of the molecule is OP(O)(=S)S.S.S.S.S. The van der Waals surface area contributed by atoms with Gasteiger partial charge < -0.3 is 9.79 Å². The maximum Gasteiger partial charge on any atom is 0.239 e. The Kier molecular flexibility index (Phi) is 43.4. The molecule has 2 nitrogen and oxygen atoms in total. The van der Waals surface area contributed by atoms with E-state index in [1.165, 1.54) is 0 Å². The van der Waals surface area contributed by atoms with Gasteiger partial charge in [0, 0.05) is 0 Å². The van der Waals surface area contributed by atoms with E-state index in [4.69, 9.17) is 9.79 Å². The minimum absolute atomic E-state index is 0. The second kappa shape index (κ2) is 12.9. The maximum absolute atomic E-state index is 7.87. The third-order valence-corrected chi connectivity index (χ3v) is 0. The van der Waals surface area contributed by atoms with Gasteiger partial charge in [0.05, 0.1) is 0 Å². The molecule has 0 aromatic carbocycles. The maximum atomic E-state index is 7.87. The Hall–Kier alpha value is 2.32. The van der Waals surface area contributed by atoms with Crippen LogP contribution >= 0.6 is 71.9 Å². The molecule has 9 heavy (non-hydrogen) atoms. The topological polar surface area (TPSA) is 40.5 Å². The normalized spacial score (nSPS) is 6.56. The van der Waals surface area contributed by atoms with Gasteiger partial charge in [-0.05, 0) is 11.8 Å². The predicted octanol–water partition coefficient (Wildman–Crippen LogP) is 0.576. The van der Waals surface area contributed by atoms with E-state index in [2.05, 4.69) is 24.1 Å². The molecule has 0 atom stereocenters. The Balaban J connectivity index is -0.0000000133. The zero-order valence-corrected chi connectivity index (χ0v) is 10.8. The summed E-state index contributed by atoms with van der Waals surface area (Å²) >= 11 is 7.07. The van der Waals surface area contributed by atoms with Crippen molar-refractivity contribution in [2.24, 2.45) is 0 Å². The summed E-state index contributed by atoms with van der Waals surface area (Å²) in [6.07, 6.45) is 0. The lowest BCUT2D eigenvalue weighted by Gasteiger charge is -1.88. The number of hydrogen-bond acceptors (Lipinski definition) is 1. The molecule has 0 amide bonds. The zero-order chi connectivity index (χ0) is 4.50. The van der Waals surface area contributed by atoms with Gasteiger partial charge in [-0.2, -0.15) is 54.0 Å². The molecular weight excluding hydrogens is 255 g/mol. The molecule has 0 fully saturated rings. The lowest BCUT2D eigenvalue weighted by atomic mass is 15.9. The van der Waals surface area contributed by atoms with Gasteiger partial charge in [0.15, 0.2) is 0 Å². The smallest absolute Gasteiger partial charge is 0.239 e. The van der Waals surface area contributed by atoms with Crippen LogP contribution in [-0.2, 0) is 11.8 Å². The van der Waals surface area contributed by atoms with Crippen molar-refractivity contribution in [2.45, 2.75) is 0 Å². The van der Waals surface area contributed by atoms with Gasteiger partial charge in [-0.1, -0.05) is 12.2 Å². The van der Waals surface area contributed by atoms with Crippen LogP contribution in [0.3, 0.4) is 0 Å². The van der Waals surface area contributed by atoms with Crippen LogP contribution in [-0.4, -0.2) is 9.79 Å². The fourth-order valence-electron chi connectivity index (χ4n) is 0. The highest BCUT2D eigenvalue weighted by Crippen LogP contribution is 2.39. The van der Waals surface area contributed by atoms with Gasteiger partial charge >= 0.3 is 0 Å². The van der Waals surface area contributed by atoms with Crippen LogP contribution in [0.15, 0.2) is 0 Å². The lowest BCUT2D eigenvalue weighted by Crippen LogP contribution is -1.53. The Morgan fingerprint density at radius 2 is 1.00 bits per heavy atom. The molecule has 0 saturated carbocycles. The highest BCUT2D eigenvalue weighted by atomic mass is 32.9. The molecule has 0 aliphatic heterocycles. The molecule has 64 valence electrons. The van der Waals surface area contributed by atoms with E-state index in [0.29, 0.717) is 0 Å². The van der Waals surface area contributed by atoms with Crippen molar-refractivity contribution < 1.29 is 9.79 Å². The highest BCUT2D eigenvalue weighted by Gasteiger charge is 1.90. The van der Waals surface area contributed by atoms with Crippen molar-refractivity contribution in [1.82, 2.24) is 0 Å². The quantitative estimate of drug-likeness (QED) is 0.444. The van der Waals surface area contributed by atoms with Crippen LogP contribution in [0.1, 0.15) is 0 Å². The van der Waals surface area contributed by atoms with Gasteiger partial charge in [0.25, 0.3) is 0 Å². The summed E-state index contributed by atoms with van der Waals surface area (Å²) < 4.78 is 0. The van der Waals surface area contributed by atoms with E-state index in [9.17, 15) is 0 Å². The first-order valence-electron chi connectivity index (χ1n) is 0.783. The van der Waals surface area contributed by atoms with E-state index in [0.717, 1.165) is 0 Å². The molecule has 0 unspecified atom stereocenters. The molecule has 0 rings (SSSR count). The monoisotopic (exact) mass is 266 g/mol. The van der Waals surface area contributed by atoms with Crippen LogP contribution < -0.4 is 0 Å². The Labute approximate surface area is 92.9 Å². The molecule has 2 N–H and O–H groups in total. The Morgan fingerprint density at radius 1 is 1.00 bits per heavy atom. The second-order valence-electron chi connectivity index (χ2n) is 0.513. The standard InChI is InChI=1S/H3O2PS2.4H2S/c1-3(2,4)5;;;;/h(H3,1,2,4,5);4*1H2. The summed E-state index contributed by atoms with van der Waals surface area (Å²) in [7, 11) is 0. The molecule has 0 spiro atoms. The van der Waals surface area contributed by atoms with Crippen LogP contribution in [0.5, 0.6) is 0 Å². The molecule has 0 saturated heterocycles. The fraction of sp³-hybridized carbons (Fsp3) is 0. The van der Waals surface area contributed by atoms with Gasteiger partial charge in [-0.25, -0.2) is 0 Å². The highest BCUT2D eigenvalue weighted by molar-refractivity contribution is 8.59. The third-order valence-electron chi connectivity index (χ3n) is 0. The average molecular weight is 266 g/mol. The minimum atomic E-state index is -3.11. The van der Waals surface area contributed by atoms with E-state index < -0.39 is 5.69 Å². The Morgan fingerprint density at radius 3 is 1.00 bits per heavy atom. The molecule has 0 aliphatic carbocycles. The first kappa shape index (κ1) is 30.2. The zero-order valence-electron chi connectivity index (χ0n) is 4.20.